The number of nitrogens with one attached hydrogen (secondary N) is 1. The van der Waals surface area contributed by atoms with Gasteiger partial charge in [-0.2, -0.15) is 0 Å². The van der Waals surface area contributed by atoms with Crippen molar-refractivity contribution in [2.75, 3.05) is 18.0 Å². The Labute approximate surface area is 147 Å². The molecule has 1 saturated heterocycles. The molecule has 1 N–H and O–H groups in total. The van der Waals surface area contributed by atoms with Crippen LogP contribution in [0.25, 0.3) is 0 Å². The average molecular weight is 342 g/mol. The Hall–Kier alpha value is -2.50. The van der Waals surface area contributed by atoms with Crippen molar-refractivity contribution in [3.05, 3.63) is 54.1 Å². The monoisotopic (exact) mass is 342 g/mol. The van der Waals surface area contributed by atoms with Crippen LogP contribution in [0.1, 0.15) is 25.3 Å². The highest BCUT2D eigenvalue weighted by Crippen LogP contribution is 2.17. The molecule has 0 radical (unpaired) electrons. The van der Waals surface area contributed by atoms with E-state index in [1.807, 2.05) is 6.92 Å². The third-order valence-corrected chi connectivity index (χ3v) is 4.53. The quantitative estimate of drug-likeness (QED) is 0.907. The molecule has 1 aliphatic rings. The van der Waals surface area contributed by atoms with Gasteiger partial charge in [0.15, 0.2) is 0 Å². The predicted molar refractivity (Wildman–Crippen MR) is 94.7 cm³/mol. The Morgan fingerprint density at radius 2 is 2.08 bits per heavy atom. The number of aromatic nitrogens is 2. The first-order valence-corrected chi connectivity index (χ1v) is 8.69. The minimum Gasteiger partial charge on any atom is -0.351 e. The van der Waals surface area contributed by atoms with Gasteiger partial charge < -0.3 is 10.2 Å². The van der Waals surface area contributed by atoms with E-state index < -0.39 is 0 Å². The smallest absolute Gasteiger partial charge is 0.225 e. The molecule has 0 unspecified atom stereocenters. The molecule has 2 aromatic rings. The second-order valence-electron chi connectivity index (χ2n) is 6.54. The zero-order valence-electron chi connectivity index (χ0n) is 14.4. The second kappa shape index (κ2) is 8.05. The largest absolute Gasteiger partial charge is 0.351 e. The predicted octanol–water partition coefficient (Wildman–Crippen LogP) is 2.58. The summed E-state index contributed by atoms with van der Waals surface area (Å²) in [5.74, 6) is 0.123. The molecule has 1 aromatic heterocycles. The molecule has 0 spiro atoms. The molecule has 1 fully saturated rings. The first kappa shape index (κ1) is 17.3. The maximum absolute atomic E-state index is 13.8. The van der Waals surface area contributed by atoms with E-state index >= 15 is 0 Å². The van der Waals surface area contributed by atoms with E-state index in [4.69, 9.17) is 0 Å². The summed E-state index contributed by atoms with van der Waals surface area (Å²) in [7, 11) is 0. The molecule has 0 saturated carbocycles. The standard InChI is InChI=1S/C19H23FN4O/c1-14(12-15-6-2-3-8-17(15)20)18(25)23-16-7-4-11-24(13-16)19-21-9-5-10-22-19/h2-3,5-6,8-10,14,16H,4,7,11-13H2,1H3,(H,23,25)/t14-,16+/m0/s1. The van der Waals surface area contributed by atoms with Crippen LogP contribution in [0.4, 0.5) is 10.3 Å². The molecule has 1 aliphatic heterocycles. The lowest BCUT2D eigenvalue weighted by Crippen LogP contribution is -2.49. The number of carbonyl (C=O) groups is 1. The number of hydrogen-bond donors (Lipinski definition) is 1. The molecule has 2 heterocycles. The van der Waals surface area contributed by atoms with E-state index in [1.54, 1.807) is 36.7 Å². The van der Waals surface area contributed by atoms with Crippen LogP contribution in [0.5, 0.6) is 0 Å². The molecule has 0 aliphatic carbocycles. The van der Waals surface area contributed by atoms with Crippen LogP contribution in [0, 0.1) is 11.7 Å². The summed E-state index contributed by atoms with van der Waals surface area (Å²) in [6, 6.07) is 8.46. The first-order valence-electron chi connectivity index (χ1n) is 8.69. The van der Waals surface area contributed by atoms with Gasteiger partial charge in [-0.05, 0) is 37.0 Å². The van der Waals surface area contributed by atoms with Gasteiger partial charge in [0.25, 0.3) is 0 Å². The molecule has 1 amide bonds. The molecular formula is C19H23FN4O. The van der Waals surface area contributed by atoms with E-state index in [-0.39, 0.29) is 23.7 Å². The SMILES string of the molecule is C[C@@H](Cc1ccccc1F)C(=O)N[C@@H]1CCCN(c2ncccn2)C1. The van der Waals surface area contributed by atoms with Crippen molar-refractivity contribution in [3.8, 4) is 0 Å². The molecule has 3 rings (SSSR count). The number of piperidine rings is 1. The van der Waals surface area contributed by atoms with Gasteiger partial charge in [-0.25, -0.2) is 14.4 Å². The molecule has 25 heavy (non-hydrogen) atoms. The van der Waals surface area contributed by atoms with Crippen molar-refractivity contribution >= 4 is 11.9 Å². The zero-order valence-corrected chi connectivity index (χ0v) is 14.4. The zero-order chi connectivity index (χ0) is 17.6. The summed E-state index contributed by atoms with van der Waals surface area (Å²) in [5.41, 5.74) is 0.577. The van der Waals surface area contributed by atoms with Crippen LogP contribution in [0.15, 0.2) is 42.7 Å². The third kappa shape index (κ3) is 4.53. The molecule has 132 valence electrons. The van der Waals surface area contributed by atoms with E-state index in [0.29, 0.717) is 24.5 Å². The fourth-order valence-electron chi connectivity index (χ4n) is 3.16. The molecule has 6 heteroatoms. The highest BCUT2D eigenvalue weighted by Gasteiger charge is 2.25. The number of halogens is 1. The first-order chi connectivity index (χ1) is 12.1. The van der Waals surface area contributed by atoms with Crippen molar-refractivity contribution in [1.82, 2.24) is 15.3 Å². The van der Waals surface area contributed by atoms with Crippen LogP contribution in [-0.2, 0) is 11.2 Å². The lowest BCUT2D eigenvalue weighted by Gasteiger charge is -2.33. The molecule has 2 atom stereocenters. The summed E-state index contributed by atoms with van der Waals surface area (Å²) < 4.78 is 13.8. The maximum Gasteiger partial charge on any atom is 0.225 e. The second-order valence-corrected chi connectivity index (χ2v) is 6.54. The third-order valence-electron chi connectivity index (χ3n) is 4.53. The summed E-state index contributed by atoms with van der Waals surface area (Å²) in [4.78, 5) is 23.1. The van der Waals surface area contributed by atoms with Crippen LogP contribution in [-0.4, -0.2) is 35.0 Å². The molecule has 5 nitrogen and oxygen atoms in total. The van der Waals surface area contributed by atoms with E-state index in [0.717, 1.165) is 19.4 Å². The van der Waals surface area contributed by atoms with Crippen LogP contribution in [0.3, 0.4) is 0 Å². The number of benzene rings is 1. The number of amides is 1. The van der Waals surface area contributed by atoms with Gasteiger partial charge in [-0.1, -0.05) is 25.1 Å². The van der Waals surface area contributed by atoms with Gasteiger partial charge in [0.05, 0.1) is 0 Å². The highest BCUT2D eigenvalue weighted by atomic mass is 19.1. The Balaban J connectivity index is 1.56. The number of carbonyl (C=O) groups excluding carboxylic acids is 1. The molecule has 1 aromatic carbocycles. The van der Waals surface area contributed by atoms with E-state index in [2.05, 4.69) is 20.2 Å². The van der Waals surface area contributed by atoms with Crippen LogP contribution < -0.4 is 10.2 Å². The fraction of sp³-hybridized carbons (Fsp3) is 0.421. The topological polar surface area (TPSA) is 58.1 Å². The normalized spacial score (nSPS) is 18.6. The fourth-order valence-corrected chi connectivity index (χ4v) is 3.16. The Bertz CT molecular complexity index is 710. The Kier molecular flexibility index (Phi) is 5.58. The summed E-state index contributed by atoms with van der Waals surface area (Å²) >= 11 is 0. The van der Waals surface area contributed by atoms with E-state index in [1.165, 1.54) is 6.07 Å². The number of hydrogen-bond acceptors (Lipinski definition) is 4. The maximum atomic E-state index is 13.8. The Morgan fingerprint density at radius 3 is 2.84 bits per heavy atom. The van der Waals surface area contributed by atoms with Crippen molar-refractivity contribution in [2.45, 2.75) is 32.2 Å². The minimum absolute atomic E-state index is 0.0379. The van der Waals surface area contributed by atoms with Crippen molar-refractivity contribution in [3.63, 3.8) is 0 Å². The average Bonchev–Trinajstić information content (AvgIpc) is 2.64. The Morgan fingerprint density at radius 1 is 1.32 bits per heavy atom. The molecule has 0 bridgehead atoms. The van der Waals surface area contributed by atoms with E-state index in [9.17, 15) is 9.18 Å². The summed E-state index contributed by atoms with van der Waals surface area (Å²) in [6.07, 6.45) is 5.76. The number of nitrogens with zero attached hydrogens (tertiary/aromatic N) is 3. The minimum atomic E-state index is -0.278. The van der Waals surface area contributed by atoms with Gasteiger partial charge in [-0.3, -0.25) is 4.79 Å². The van der Waals surface area contributed by atoms with Crippen LogP contribution in [0.2, 0.25) is 0 Å². The van der Waals surface area contributed by atoms with Gasteiger partial charge >= 0.3 is 0 Å². The van der Waals surface area contributed by atoms with Gasteiger partial charge in [0, 0.05) is 37.4 Å². The van der Waals surface area contributed by atoms with Gasteiger partial charge in [0.1, 0.15) is 5.82 Å². The van der Waals surface area contributed by atoms with Crippen molar-refractivity contribution in [2.24, 2.45) is 5.92 Å². The highest BCUT2D eigenvalue weighted by molar-refractivity contribution is 5.79. The lowest BCUT2D eigenvalue weighted by molar-refractivity contribution is -0.125. The van der Waals surface area contributed by atoms with Gasteiger partial charge in [0.2, 0.25) is 11.9 Å². The molecular weight excluding hydrogens is 319 g/mol. The summed E-state index contributed by atoms with van der Waals surface area (Å²) in [5, 5.41) is 3.10. The van der Waals surface area contributed by atoms with Crippen molar-refractivity contribution < 1.29 is 9.18 Å². The van der Waals surface area contributed by atoms with Gasteiger partial charge in [-0.15, -0.1) is 0 Å². The number of anilines is 1. The lowest BCUT2D eigenvalue weighted by atomic mass is 9.98. The van der Waals surface area contributed by atoms with Crippen LogP contribution >= 0.6 is 0 Å². The van der Waals surface area contributed by atoms with Crippen molar-refractivity contribution in [1.29, 1.82) is 0 Å². The number of rotatable bonds is 5. The summed E-state index contributed by atoms with van der Waals surface area (Å²) in [6.45, 7) is 3.42.